The Bertz CT molecular complexity index is 1430. The molecular formula is C25H16ClF4NO3. The molecule has 34 heavy (non-hydrogen) atoms. The molecule has 0 saturated carbocycles. The van der Waals surface area contributed by atoms with Crippen LogP contribution in [0.25, 0.3) is 22.1 Å². The Hall–Kier alpha value is -3.36. The molecule has 0 fully saturated rings. The third-order valence-electron chi connectivity index (χ3n) is 5.61. The second kappa shape index (κ2) is 8.45. The summed E-state index contributed by atoms with van der Waals surface area (Å²) in [7, 11) is 0. The van der Waals surface area contributed by atoms with Crippen LogP contribution in [0, 0.1) is 5.82 Å². The van der Waals surface area contributed by atoms with Crippen molar-refractivity contribution >= 4 is 22.6 Å². The molecule has 0 atom stereocenters. The van der Waals surface area contributed by atoms with Crippen molar-refractivity contribution in [3.8, 4) is 16.9 Å². The Balaban J connectivity index is 1.63. The van der Waals surface area contributed by atoms with Crippen molar-refractivity contribution in [3.63, 3.8) is 0 Å². The lowest BCUT2D eigenvalue weighted by atomic mass is 10.00. The van der Waals surface area contributed by atoms with Gasteiger partial charge in [-0.15, -0.1) is 0 Å². The Kier molecular flexibility index (Phi) is 5.58. The number of nitrogens with zero attached hydrogens (tertiary/aromatic N) is 1. The lowest BCUT2D eigenvalue weighted by Crippen LogP contribution is -2.32. The lowest BCUT2D eigenvalue weighted by Gasteiger charge is -2.29. The Morgan fingerprint density at radius 3 is 2.35 bits per heavy atom. The van der Waals surface area contributed by atoms with Gasteiger partial charge in [0.05, 0.1) is 16.5 Å². The second-order valence-corrected chi connectivity index (χ2v) is 8.38. The van der Waals surface area contributed by atoms with Gasteiger partial charge in [0.2, 0.25) is 11.2 Å². The van der Waals surface area contributed by atoms with Gasteiger partial charge < -0.3 is 9.15 Å². The maximum Gasteiger partial charge on any atom is 0.450 e. The predicted molar refractivity (Wildman–Crippen MR) is 119 cm³/mol. The van der Waals surface area contributed by atoms with Gasteiger partial charge in [0, 0.05) is 18.1 Å². The van der Waals surface area contributed by atoms with Crippen molar-refractivity contribution < 1.29 is 26.7 Å². The number of hydrogen-bond acceptors (Lipinski definition) is 4. The maximum atomic E-state index is 14.0. The highest BCUT2D eigenvalue weighted by Crippen LogP contribution is 2.40. The zero-order valence-electron chi connectivity index (χ0n) is 17.5. The molecule has 0 bridgehead atoms. The van der Waals surface area contributed by atoms with E-state index in [4.69, 9.17) is 20.8 Å². The van der Waals surface area contributed by atoms with E-state index in [1.807, 2.05) is 4.90 Å². The van der Waals surface area contributed by atoms with Crippen LogP contribution in [-0.2, 0) is 19.3 Å². The standard InChI is InChI=1S/C25H16ClF4NO3/c26-16-5-3-15(4-6-16)21-22(32)18-9-10-20-19(23(18)34-24(21)25(28,29)30)12-31(13-33-20)11-14-1-7-17(27)8-2-14/h1-10H,11-13H2. The third kappa shape index (κ3) is 4.15. The summed E-state index contributed by atoms with van der Waals surface area (Å²) in [5, 5.41) is 0.346. The summed E-state index contributed by atoms with van der Waals surface area (Å²) in [4.78, 5) is 15.1. The highest BCUT2D eigenvalue weighted by molar-refractivity contribution is 6.30. The van der Waals surface area contributed by atoms with Crippen molar-refractivity contribution in [1.29, 1.82) is 0 Å². The first-order valence-electron chi connectivity index (χ1n) is 10.3. The Morgan fingerprint density at radius 2 is 1.68 bits per heavy atom. The summed E-state index contributed by atoms with van der Waals surface area (Å²) in [5.74, 6) is -1.40. The zero-order valence-corrected chi connectivity index (χ0v) is 18.2. The van der Waals surface area contributed by atoms with Crippen molar-refractivity contribution in [2.24, 2.45) is 0 Å². The fourth-order valence-corrected chi connectivity index (χ4v) is 4.16. The number of ether oxygens (including phenoxy) is 1. The normalized spacial score (nSPS) is 14.1. The summed E-state index contributed by atoms with van der Waals surface area (Å²) >= 11 is 5.86. The van der Waals surface area contributed by atoms with Crippen molar-refractivity contribution in [1.82, 2.24) is 4.90 Å². The fourth-order valence-electron chi connectivity index (χ4n) is 4.04. The zero-order chi connectivity index (χ0) is 24.0. The van der Waals surface area contributed by atoms with Crippen LogP contribution in [0.15, 0.2) is 69.9 Å². The minimum atomic E-state index is -4.91. The van der Waals surface area contributed by atoms with E-state index in [2.05, 4.69) is 0 Å². The Labute approximate surface area is 195 Å². The summed E-state index contributed by atoms with van der Waals surface area (Å²) in [5.41, 5.74) is -0.339. The molecule has 4 nitrogen and oxygen atoms in total. The Morgan fingerprint density at radius 1 is 0.971 bits per heavy atom. The summed E-state index contributed by atoms with van der Waals surface area (Å²) in [6, 6.07) is 14.4. The van der Waals surface area contributed by atoms with Crippen LogP contribution in [0.5, 0.6) is 5.75 Å². The minimum absolute atomic E-state index is 0.0175. The van der Waals surface area contributed by atoms with Gasteiger partial charge in [-0.25, -0.2) is 4.39 Å². The fraction of sp³-hybridized carbons (Fsp3) is 0.160. The van der Waals surface area contributed by atoms with E-state index in [0.29, 0.717) is 22.9 Å². The molecule has 0 spiro atoms. The molecule has 0 N–H and O–H groups in total. The minimum Gasteiger partial charge on any atom is -0.478 e. The SMILES string of the molecule is O=c1c(-c2ccc(Cl)cc2)c(C(F)(F)F)oc2c3c(ccc12)OCN(Cc1ccc(F)cc1)C3. The van der Waals surface area contributed by atoms with Gasteiger partial charge in [-0.05, 0) is 47.5 Å². The smallest absolute Gasteiger partial charge is 0.450 e. The van der Waals surface area contributed by atoms with Crippen LogP contribution in [0.3, 0.4) is 0 Å². The highest BCUT2D eigenvalue weighted by Gasteiger charge is 2.40. The van der Waals surface area contributed by atoms with Gasteiger partial charge in [-0.1, -0.05) is 35.9 Å². The molecule has 1 aromatic heterocycles. The maximum absolute atomic E-state index is 14.0. The molecule has 9 heteroatoms. The molecule has 0 saturated heterocycles. The van der Waals surface area contributed by atoms with Gasteiger partial charge in [-0.2, -0.15) is 13.2 Å². The van der Waals surface area contributed by atoms with E-state index in [1.54, 1.807) is 18.2 Å². The summed E-state index contributed by atoms with van der Waals surface area (Å²) in [6.45, 7) is 0.731. The molecule has 4 aromatic rings. The van der Waals surface area contributed by atoms with Gasteiger partial charge in [0.25, 0.3) is 0 Å². The third-order valence-corrected chi connectivity index (χ3v) is 5.87. The van der Waals surface area contributed by atoms with Crippen LogP contribution in [0.4, 0.5) is 17.6 Å². The molecule has 2 heterocycles. The van der Waals surface area contributed by atoms with Crippen LogP contribution in [0.1, 0.15) is 16.9 Å². The number of hydrogen-bond donors (Lipinski definition) is 0. The highest BCUT2D eigenvalue weighted by atomic mass is 35.5. The van der Waals surface area contributed by atoms with Crippen molar-refractivity contribution in [2.45, 2.75) is 19.3 Å². The van der Waals surface area contributed by atoms with Gasteiger partial charge in [0.1, 0.15) is 23.9 Å². The van der Waals surface area contributed by atoms with Crippen LogP contribution < -0.4 is 10.2 Å². The molecule has 5 rings (SSSR count). The van der Waals surface area contributed by atoms with E-state index in [-0.39, 0.29) is 35.6 Å². The number of fused-ring (bicyclic) bond motifs is 3. The molecule has 0 radical (unpaired) electrons. The van der Waals surface area contributed by atoms with Gasteiger partial charge >= 0.3 is 6.18 Å². The molecular weight excluding hydrogens is 474 g/mol. The summed E-state index contributed by atoms with van der Waals surface area (Å²) in [6.07, 6.45) is -4.91. The largest absolute Gasteiger partial charge is 0.478 e. The van der Waals surface area contributed by atoms with Crippen LogP contribution in [0.2, 0.25) is 5.02 Å². The van der Waals surface area contributed by atoms with Gasteiger partial charge in [0.15, 0.2) is 0 Å². The monoisotopic (exact) mass is 489 g/mol. The molecule has 0 aliphatic carbocycles. The van der Waals surface area contributed by atoms with E-state index in [0.717, 1.165) is 5.56 Å². The molecule has 174 valence electrons. The van der Waals surface area contributed by atoms with Crippen LogP contribution >= 0.6 is 11.6 Å². The molecule has 1 aliphatic rings. The van der Waals surface area contributed by atoms with Crippen molar-refractivity contribution in [3.05, 3.63) is 98.6 Å². The van der Waals surface area contributed by atoms with Crippen LogP contribution in [-0.4, -0.2) is 11.6 Å². The average Bonchev–Trinajstić information content (AvgIpc) is 2.80. The van der Waals surface area contributed by atoms with E-state index in [1.165, 1.54) is 42.5 Å². The topological polar surface area (TPSA) is 42.7 Å². The van der Waals surface area contributed by atoms with Crippen molar-refractivity contribution in [2.75, 3.05) is 6.73 Å². The van der Waals surface area contributed by atoms with E-state index in [9.17, 15) is 22.4 Å². The average molecular weight is 490 g/mol. The number of alkyl halides is 3. The van der Waals surface area contributed by atoms with E-state index >= 15 is 0 Å². The number of benzene rings is 3. The quantitative estimate of drug-likeness (QED) is 0.303. The number of rotatable bonds is 3. The first-order valence-corrected chi connectivity index (χ1v) is 10.6. The molecule has 3 aromatic carbocycles. The first-order chi connectivity index (χ1) is 16.2. The first kappa shape index (κ1) is 22.4. The molecule has 0 unspecified atom stereocenters. The van der Waals surface area contributed by atoms with Gasteiger partial charge in [-0.3, -0.25) is 9.69 Å². The second-order valence-electron chi connectivity index (χ2n) is 7.95. The summed E-state index contributed by atoms with van der Waals surface area (Å²) < 4.78 is 66.4. The predicted octanol–water partition coefficient (Wildman–Crippen LogP) is 6.62. The number of halogens is 5. The lowest BCUT2D eigenvalue weighted by molar-refractivity contribution is -0.152. The molecule has 0 amide bonds. The molecule has 1 aliphatic heterocycles. The van der Waals surface area contributed by atoms with E-state index < -0.39 is 22.9 Å².